The summed E-state index contributed by atoms with van der Waals surface area (Å²) in [5, 5.41) is 0. The Morgan fingerprint density at radius 3 is 2.43 bits per heavy atom. The van der Waals surface area contributed by atoms with E-state index in [4.69, 9.17) is 10.5 Å². The molecule has 0 spiro atoms. The molecule has 1 rings (SSSR count). The fraction of sp³-hybridized carbons (Fsp3) is 1.00. The van der Waals surface area contributed by atoms with Crippen molar-refractivity contribution in [2.75, 3.05) is 6.61 Å². The summed E-state index contributed by atoms with van der Waals surface area (Å²) in [6, 6.07) is 0.253. The first-order valence-electron chi connectivity index (χ1n) is 5.94. The van der Waals surface area contributed by atoms with E-state index in [1.807, 2.05) is 0 Å². The highest BCUT2D eigenvalue weighted by atomic mass is 16.5. The maximum absolute atomic E-state index is 6.12. The molecule has 1 unspecified atom stereocenters. The van der Waals surface area contributed by atoms with Crippen molar-refractivity contribution >= 4 is 0 Å². The molecule has 1 fully saturated rings. The van der Waals surface area contributed by atoms with Crippen LogP contribution < -0.4 is 5.73 Å². The maximum Gasteiger partial charge on any atom is 0.0627 e. The second kappa shape index (κ2) is 5.13. The summed E-state index contributed by atoms with van der Waals surface area (Å²) in [6.07, 6.45) is 6.36. The minimum Gasteiger partial charge on any atom is -0.374 e. The van der Waals surface area contributed by atoms with Crippen molar-refractivity contribution in [1.29, 1.82) is 0 Å². The van der Waals surface area contributed by atoms with Gasteiger partial charge in [0.25, 0.3) is 0 Å². The molecule has 1 aliphatic carbocycles. The molecule has 1 atom stereocenters. The Kier molecular flexibility index (Phi) is 4.39. The fourth-order valence-corrected chi connectivity index (χ4v) is 1.95. The first-order chi connectivity index (χ1) is 6.55. The van der Waals surface area contributed by atoms with Crippen LogP contribution in [0.1, 0.15) is 52.9 Å². The minimum absolute atomic E-state index is 0.00375. The van der Waals surface area contributed by atoms with Crippen molar-refractivity contribution in [3.05, 3.63) is 0 Å². The van der Waals surface area contributed by atoms with Crippen LogP contribution in [0.15, 0.2) is 0 Å². The van der Waals surface area contributed by atoms with Crippen LogP contribution in [0, 0.1) is 5.92 Å². The molecular weight excluding hydrogens is 174 g/mol. The van der Waals surface area contributed by atoms with Crippen molar-refractivity contribution < 1.29 is 4.74 Å². The van der Waals surface area contributed by atoms with Crippen LogP contribution in [0.5, 0.6) is 0 Å². The summed E-state index contributed by atoms with van der Waals surface area (Å²) in [5.41, 5.74) is 6.11. The van der Waals surface area contributed by atoms with Gasteiger partial charge in [0.15, 0.2) is 0 Å². The highest BCUT2D eigenvalue weighted by molar-refractivity contribution is 4.78. The van der Waals surface area contributed by atoms with Crippen molar-refractivity contribution in [3.63, 3.8) is 0 Å². The third-order valence-corrected chi connectivity index (χ3v) is 3.52. The molecule has 0 aliphatic heterocycles. The minimum atomic E-state index is -0.00375. The molecule has 0 aromatic rings. The summed E-state index contributed by atoms with van der Waals surface area (Å²) < 4.78 is 5.83. The topological polar surface area (TPSA) is 35.2 Å². The quantitative estimate of drug-likeness (QED) is 0.739. The van der Waals surface area contributed by atoms with Gasteiger partial charge in [-0.2, -0.15) is 0 Å². The molecular formula is C12H25NO. The first kappa shape index (κ1) is 12.0. The summed E-state index contributed by atoms with van der Waals surface area (Å²) in [4.78, 5) is 0. The zero-order chi connectivity index (χ0) is 10.6. The predicted molar refractivity (Wildman–Crippen MR) is 60.3 cm³/mol. The van der Waals surface area contributed by atoms with E-state index >= 15 is 0 Å². The van der Waals surface area contributed by atoms with Crippen molar-refractivity contribution in [2.24, 2.45) is 11.7 Å². The first-order valence-corrected chi connectivity index (χ1v) is 5.94. The molecule has 1 saturated carbocycles. The van der Waals surface area contributed by atoms with Gasteiger partial charge in [-0.3, -0.25) is 0 Å². The van der Waals surface area contributed by atoms with Gasteiger partial charge in [0.1, 0.15) is 0 Å². The van der Waals surface area contributed by atoms with E-state index in [1.54, 1.807) is 0 Å². The van der Waals surface area contributed by atoms with Crippen LogP contribution in [0.4, 0.5) is 0 Å². The largest absolute Gasteiger partial charge is 0.374 e. The Balaban J connectivity index is 2.23. The standard InChI is InChI=1S/C12H25NO/c1-4-12(2,3)14-9-11(13)10-7-5-6-8-10/h10-11H,4-9,13H2,1-3H3. The molecule has 0 aromatic heterocycles. The Labute approximate surface area is 88.2 Å². The lowest BCUT2D eigenvalue weighted by atomic mass is 9.99. The Hall–Kier alpha value is -0.0800. The summed E-state index contributed by atoms with van der Waals surface area (Å²) in [6.45, 7) is 7.15. The summed E-state index contributed by atoms with van der Waals surface area (Å²) >= 11 is 0. The maximum atomic E-state index is 6.12. The van der Waals surface area contributed by atoms with E-state index in [2.05, 4.69) is 20.8 Å². The molecule has 0 saturated heterocycles. The Morgan fingerprint density at radius 1 is 1.36 bits per heavy atom. The molecule has 0 aromatic carbocycles. The van der Waals surface area contributed by atoms with Crippen LogP contribution in [0.2, 0.25) is 0 Å². The van der Waals surface area contributed by atoms with Gasteiger partial charge in [-0.25, -0.2) is 0 Å². The Bertz CT molecular complexity index is 162. The van der Waals surface area contributed by atoms with Crippen molar-refractivity contribution in [1.82, 2.24) is 0 Å². The number of hydrogen-bond donors (Lipinski definition) is 1. The zero-order valence-corrected chi connectivity index (χ0v) is 9.88. The second-order valence-electron chi connectivity index (χ2n) is 5.13. The second-order valence-corrected chi connectivity index (χ2v) is 5.13. The molecule has 0 bridgehead atoms. The monoisotopic (exact) mass is 199 g/mol. The normalized spacial score (nSPS) is 21.4. The lowest BCUT2D eigenvalue weighted by Gasteiger charge is -2.27. The van der Waals surface area contributed by atoms with Crippen molar-refractivity contribution in [3.8, 4) is 0 Å². The molecule has 14 heavy (non-hydrogen) atoms. The number of ether oxygens (including phenoxy) is 1. The van der Waals surface area contributed by atoms with Gasteiger partial charge in [0, 0.05) is 6.04 Å². The average molecular weight is 199 g/mol. The molecule has 0 radical (unpaired) electrons. The summed E-state index contributed by atoms with van der Waals surface area (Å²) in [7, 11) is 0. The molecule has 0 amide bonds. The molecule has 84 valence electrons. The van der Waals surface area contributed by atoms with Gasteiger partial charge in [-0.15, -0.1) is 0 Å². The van der Waals surface area contributed by atoms with Gasteiger partial charge in [-0.05, 0) is 39.0 Å². The van der Waals surface area contributed by atoms with E-state index in [9.17, 15) is 0 Å². The van der Waals surface area contributed by atoms with Crippen molar-refractivity contribution in [2.45, 2.75) is 64.5 Å². The van der Waals surface area contributed by atoms with E-state index in [0.29, 0.717) is 5.92 Å². The van der Waals surface area contributed by atoms with Gasteiger partial charge in [-0.1, -0.05) is 19.8 Å². The molecule has 2 nitrogen and oxygen atoms in total. The Morgan fingerprint density at radius 2 is 1.93 bits per heavy atom. The zero-order valence-electron chi connectivity index (χ0n) is 9.88. The van der Waals surface area contributed by atoms with Crippen LogP contribution in [-0.2, 0) is 4.74 Å². The smallest absolute Gasteiger partial charge is 0.0627 e. The van der Waals surface area contributed by atoms with E-state index in [0.717, 1.165) is 13.0 Å². The SMILES string of the molecule is CCC(C)(C)OCC(N)C1CCCC1. The lowest BCUT2D eigenvalue weighted by molar-refractivity contribution is -0.0320. The van der Waals surface area contributed by atoms with Crippen LogP contribution in [0.3, 0.4) is 0 Å². The third-order valence-electron chi connectivity index (χ3n) is 3.52. The summed E-state index contributed by atoms with van der Waals surface area (Å²) in [5.74, 6) is 0.711. The van der Waals surface area contributed by atoms with Gasteiger partial charge >= 0.3 is 0 Å². The van der Waals surface area contributed by atoms with E-state index < -0.39 is 0 Å². The molecule has 1 aliphatic rings. The molecule has 2 N–H and O–H groups in total. The van der Waals surface area contributed by atoms with Gasteiger partial charge in [0.2, 0.25) is 0 Å². The van der Waals surface area contributed by atoms with Crippen LogP contribution >= 0.6 is 0 Å². The average Bonchev–Trinajstić information content (AvgIpc) is 2.67. The highest BCUT2D eigenvalue weighted by Crippen LogP contribution is 2.27. The van der Waals surface area contributed by atoms with Crippen LogP contribution in [-0.4, -0.2) is 18.2 Å². The van der Waals surface area contributed by atoms with Gasteiger partial charge in [0.05, 0.1) is 12.2 Å². The lowest BCUT2D eigenvalue weighted by Crippen LogP contribution is -2.37. The molecule has 0 heterocycles. The fourth-order valence-electron chi connectivity index (χ4n) is 1.95. The van der Waals surface area contributed by atoms with Crippen LogP contribution in [0.25, 0.3) is 0 Å². The highest BCUT2D eigenvalue weighted by Gasteiger charge is 2.24. The van der Waals surface area contributed by atoms with E-state index in [-0.39, 0.29) is 11.6 Å². The van der Waals surface area contributed by atoms with Gasteiger partial charge < -0.3 is 10.5 Å². The number of rotatable bonds is 5. The predicted octanol–water partition coefficient (Wildman–Crippen LogP) is 2.71. The van der Waals surface area contributed by atoms with E-state index in [1.165, 1.54) is 25.7 Å². The number of nitrogens with two attached hydrogens (primary N) is 1. The third kappa shape index (κ3) is 3.58. The molecule has 2 heteroatoms. The number of hydrogen-bond acceptors (Lipinski definition) is 2.